The molecule has 0 aromatic rings. The number of aliphatic carboxylic acids is 1. The standard InChI is InChI=1S/C12H21NO3/c1-7(2)4-10(12(15)16)13-11(14)9-5-8(3)6-9/h7-10H,4-6H2,1-3H3,(H,13,14)(H,15,16). The minimum absolute atomic E-state index is 0.0315. The van der Waals surface area contributed by atoms with E-state index in [-0.39, 0.29) is 17.7 Å². The number of amides is 1. The molecule has 0 aromatic heterocycles. The van der Waals surface area contributed by atoms with Gasteiger partial charge in [0, 0.05) is 5.92 Å². The molecule has 1 fully saturated rings. The van der Waals surface area contributed by atoms with Crippen LogP contribution < -0.4 is 5.32 Å². The second-order valence-corrected chi connectivity index (χ2v) is 5.30. The lowest BCUT2D eigenvalue weighted by atomic mass is 9.75. The van der Waals surface area contributed by atoms with E-state index >= 15 is 0 Å². The summed E-state index contributed by atoms with van der Waals surface area (Å²) in [7, 11) is 0. The molecule has 16 heavy (non-hydrogen) atoms. The second-order valence-electron chi connectivity index (χ2n) is 5.30. The fourth-order valence-electron chi connectivity index (χ4n) is 2.10. The Hall–Kier alpha value is -1.06. The number of rotatable bonds is 5. The van der Waals surface area contributed by atoms with E-state index < -0.39 is 12.0 Å². The topological polar surface area (TPSA) is 66.4 Å². The summed E-state index contributed by atoms with van der Waals surface area (Å²) >= 11 is 0. The van der Waals surface area contributed by atoms with Crippen molar-refractivity contribution in [3.63, 3.8) is 0 Å². The summed E-state index contributed by atoms with van der Waals surface area (Å²) in [6.45, 7) is 6.01. The third-order valence-corrected chi connectivity index (χ3v) is 3.07. The molecule has 1 rings (SSSR count). The Morgan fingerprint density at radius 3 is 2.31 bits per heavy atom. The molecule has 0 heterocycles. The third kappa shape index (κ3) is 3.51. The Morgan fingerprint density at radius 2 is 1.94 bits per heavy atom. The van der Waals surface area contributed by atoms with Crippen molar-refractivity contribution in [2.75, 3.05) is 0 Å². The largest absolute Gasteiger partial charge is 0.480 e. The Kier molecular flexibility index (Phi) is 4.33. The average molecular weight is 227 g/mol. The molecular weight excluding hydrogens is 206 g/mol. The van der Waals surface area contributed by atoms with E-state index in [4.69, 9.17) is 5.11 Å². The van der Waals surface area contributed by atoms with Crippen molar-refractivity contribution in [3.8, 4) is 0 Å². The van der Waals surface area contributed by atoms with E-state index in [0.717, 1.165) is 12.8 Å². The fourth-order valence-corrected chi connectivity index (χ4v) is 2.10. The molecule has 0 radical (unpaired) electrons. The number of carboxylic acid groups (broad SMARTS) is 1. The van der Waals surface area contributed by atoms with Crippen LogP contribution in [0.15, 0.2) is 0 Å². The van der Waals surface area contributed by atoms with Crippen LogP contribution in [0.5, 0.6) is 0 Å². The Labute approximate surface area is 96.4 Å². The number of carbonyl (C=O) groups is 2. The van der Waals surface area contributed by atoms with Gasteiger partial charge in [-0.3, -0.25) is 4.79 Å². The highest BCUT2D eigenvalue weighted by Gasteiger charge is 2.33. The highest BCUT2D eigenvalue weighted by molar-refractivity contribution is 5.85. The van der Waals surface area contributed by atoms with Crippen molar-refractivity contribution in [1.29, 1.82) is 0 Å². The van der Waals surface area contributed by atoms with Gasteiger partial charge in [0.2, 0.25) is 5.91 Å². The molecule has 1 aliphatic rings. The molecule has 0 aromatic carbocycles. The molecule has 0 saturated heterocycles. The van der Waals surface area contributed by atoms with Crippen LogP contribution in [0, 0.1) is 17.8 Å². The summed E-state index contributed by atoms with van der Waals surface area (Å²) < 4.78 is 0. The first-order chi connectivity index (χ1) is 7.40. The van der Waals surface area contributed by atoms with Crippen LogP contribution in [0.4, 0.5) is 0 Å². The fraction of sp³-hybridized carbons (Fsp3) is 0.833. The maximum atomic E-state index is 11.7. The number of nitrogens with one attached hydrogen (secondary N) is 1. The van der Waals surface area contributed by atoms with Gasteiger partial charge >= 0.3 is 5.97 Å². The maximum Gasteiger partial charge on any atom is 0.326 e. The SMILES string of the molecule is CC(C)CC(NC(=O)C1CC(C)C1)C(=O)O. The van der Waals surface area contributed by atoms with Gasteiger partial charge in [0.25, 0.3) is 0 Å². The molecule has 1 aliphatic carbocycles. The summed E-state index contributed by atoms with van der Waals surface area (Å²) in [6.07, 6.45) is 2.27. The average Bonchev–Trinajstić information content (AvgIpc) is 2.10. The molecule has 0 bridgehead atoms. The van der Waals surface area contributed by atoms with Crippen LogP contribution in [0.1, 0.15) is 40.0 Å². The van der Waals surface area contributed by atoms with Crippen LogP contribution in [0.25, 0.3) is 0 Å². The van der Waals surface area contributed by atoms with Crippen LogP contribution in [0.3, 0.4) is 0 Å². The van der Waals surface area contributed by atoms with Crippen LogP contribution in [0.2, 0.25) is 0 Å². The molecule has 1 saturated carbocycles. The third-order valence-electron chi connectivity index (χ3n) is 3.07. The van der Waals surface area contributed by atoms with Crippen molar-refractivity contribution in [3.05, 3.63) is 0 Å². The molecule has 2 N–H and O–H groups in total. The lowest BCUT2D eigenvalue weighted by Crippen LogP contribution is -2.46. The number of carbonyl (C=O) groups excluding carboxylic acids is 1. The molecule has 0 spiro atoms. The van der Waals surface area contributed by atoms with Crippen LogP contribution >= 0.6 is 0 Å². The van der Waals surface area contributed by atoms with Crippen LogP contribution in [-0.4, -0.2) is 23.0 Å². The molecule has 1 atom stereocenters. The molecule has 1 unspecified atom stereocenters. The highest BCUT2D eigenvalue weighted by Crippen LogP contribution is 2.33. The molecular formula is C12H21NO3. The Bertz CT molecular complexity index is 269. The monoisotopic (exact) mass is 227 g/mol. The summed E-state index contributed by atoms with van der Waals surface area (Å²) in [6, 6.07) is -0.733. The zero-order valence-electron chi connectivity index (χ0n) is 10.2. The Morgan fingerprint density at radius 1 is 1.38 bits per heavy atom. The van der Waals surface area contributed by atoms with Gasteiger partial charge in [0.15, 0.2) is 0 Å². The van der Waals surface area contributed by atoms with Crippen molar-refractivity contribution in [2.45, 2.75) is 46.1 Å². The first-order valence-electron chi connectivity index (χ1n) is 5.93. The quantitative estimate of drug-likeness (QED) is 0.750. The zero-order chi connectivity index (χ0) is 12.3. The molecule has 1 amide bonds. The predicted molar refractivity (Wildman–Crippen MR) is 60.9 cm³/mol. The van der Waals surface area contributed by atoms with Gasteiger partial charge in [0.1, 0.15) is 6.04 Å². The van der Waals surface area contributed by atoms with Crippen molar-refractivity contribution in [2.24, 2.45) is 17.8 Å². The maximum absolute atomic E-state index is 11.7. The zero-order valence-corrected chi connectivity index (χ0v) is 10.2. The van der Waals surface area contributed by atoms with Gasteiger partial charge in [-0.2, -0.15) is 0 Å². The Balaban J connectivity index is 2.42. The molecule has 4 heteroatoms. The van der Waals surface area contributed by atoms with Gasteiger partial charge < -0.3 is 10.4 Å². The van der Waals surface area contributed by atoms with Gasteiger partial charge in [-0.05, 0) is 31.1 Å². The molecule has 0 aliphatic heterocycles. The van der Waals surface area contributed by atoms with E-state index in [1.54, 1.807) is 0 Å². The highest BCUT2D eigenvalue weighted by atomic mass is 16.4. The van der Waals surface area contributed by atoms with Gasteiger partial charge in [-0.1, -0.05) is 20.8 Å². The van der Waals surface area contributed by atoms with E-state index in [2.05, 4.69) is 12.2 Å². The molecule has 92 valence electrons. The number of hydrogen-bond donors (Lipinski definition) is 2. The summed E-state index contributed by atoms with van der Waals surface area (Å²) in [5.74, 6) is -0.129. The van der Waals surface area contributed by atoms with Crippen molar-refractivity contribution >= 4 is 11.9 Å². The normalized spacial score (nSPS) is 26.0. The lowest BCUT2D eigenvalue weighted by Gasteiger charge is -2.32. The van der Waals surface area contributed by atoms with Crippen LogP contribution in [-0.2, 0) is 9.59 Å². The van der Waals surface area contributed by atoms with Crippen molar-refractivity contribution < 1.29 is 14.7 Å². The van der Waals surface area contributed by atoms with Gasteiger partial charge in [-0.25, -0.2) is 4.79 Å². The summed E-state index contributed by atoms with van der Waals surface area (Å²) in [4.78, 5) is 22.6. The minimum atomic E-state index is -0.936. The smallest absolute Gasteiger partial charge is 0.326 e. The van der Waals surface area contributed by atoms with E-state index in [1.165, 1.54) is 0 Å². The van der Waals surface area contributed by atoms with Crippen molar-refractivity contribution in [1.82, 2.24) is 5.32 Å². The number of carboxylic acids is 1. The van der Waals surface area contributed by atoms with Gasteiger partial charge in [-0.15, -0.1) is 0 Å². The summed E-state index contributed by atoms with van der Waals surface area (Å²) in [5, 5.41) is 11.6. The second kappa shape index (κ2) is 5.32. The summed E-state index contributed by atoms with van der Waals surface area (Å²) in [5.41, 5.74) is 0. The minimum Gasteiger partial charge on any atom is -0.480 e. The van der Waals surface area contributed by atoms with E-state index in [1.807, 2.05) is 13.8 Å². The lowest BCUT2D eigenvalue weighted by molar-refractivity contribution is -0.143. The van der Waals surface area contributed by atoms with E-state index in [9.17, 15) is 9.59 Å². The van der Waals surface area contributed by atoms with E-state index in [0.29, 0.717) is 12.3 Å². The molecule has 4 nitrogen and oxygen atoms in total. The van der Waals surface area contributed by atoms with Gasteiger partial charge in [0.05, 0.1) is 0 Å². The number of hydrogen-bond acceptors (Lipinski definition) is 2. The first-order valence-corrected chi connectivity index (χ1v) is 5.93. The predicted octanol–water partition coefficient (Wildman–Crippen LogP) is 1.65. The first kappa shape index (κ1) is 13.0.